The van der Waals surface area contributed by atoms with Crippen LogP contribution in [0.3, 0.4) is 0 Å². The predicted octanol–water partition coefficient (Wildman–Crippen LogP) is 3.08. The van der Waals surface area contributed by atoms with Gasteiger partial charge in [0.1, 0.15) is 0 Å². The Hall–Kier alpha value is -2.61. The molecule has 2 aromatic carbocycles. The van der Waals surface area contributed by atoms with E-state index in [0.29, 0.717) is 23.8 Å². The van der Waals surface area contributed by atoms with Gasteiger partial charge in [-0.3, -0.25) is 19.2 Å². The Morgan fingerprint density at radius 1 is 1.07 bits per heavy atom. The molecule has 1 aromatic heterocycles. The van der Waals surface area contributed by atoms with Crippen LogP contribution in [-0.4, -0.2) is 53.0 Å². The number of halogens is 1. The molecule has 0 atom stereocenters. The minimum Gasteiger partial charge on any atom is -0.408 e. The highest BCUT2D eigenvalue weighted by Crippen LogP contribution is 2.20. The molecule has 8 heteroatoms. The summed E-state index contributed by atoms with van der Waals surface area (Å²) in [7, 11) is 0. The number of oxazole rings is 1. The average molecular weight is 429 g/mol. The Morgan fingerprint density at radius 2 is 1.73 bits per heavy atom. The number of nitrogens with zero attached hydrogens (tertiary/aromatic N) is 3. The lowest BCUT2D eigenvalue weighted by Crippen LogP contribution is -2.49. The summed E-state index contributed by atoms with van der Waals surface area (Å²) in [6, 6.07) is 11.2. The van der Waals surface area contributed by atoms with E-state index in [1.54, 1.807) is 22.8 Å². The monoisotopic (exact) mass is 428 g/mol. The Morgan fingerprint density at radius 3 is 2.43 bits per heavy atom. The van der Waals surface area contributed by atoms with E-state index in [0.717, 1.165) is 48.5 Å². The largest absolute Gasteiger partial charge is 0.421 e. The summed E-state index contributed by atoms with van der Waals surface area (Å²) in [4.78, 5) is 29.1. The topological polar surface area (TPSA) is 70.7 Å². The van der Waals surface area contributed by atoms with E-state index in [-0.39, 0.29) is 11.7 Å². The molecule has 1 aliphatic heterocycles. The van der Waals surface area contributed by atoms with Crippen molar-refractivity contribution in [3.63, 3.8) is 0 Å². The van der Waals surface area contributed by atoms with Crippen LogP contribution < -0.4 is 11.1 Å². The maximum Gasteiger partial charge on any atom is 0.421 e. The zero-order valence-electron chi connectivity index (χ0n) is 17.2. The number of carbonyl (C=O) groups excluding carboxylic acids is 1. The van der Waals surface area contributed by atoms with Crippen molar-refractivity contribution >= 4 is 34.3 Å². The van der Waals surface area contributed by atoms with Gasteiger partial charge < -0.3 is 9.73 Å². The molecule has 2 heterocycles. The van der Waals surface area contributed by atoms with Gasteiger partial charge in [0.2, 0.25) is 5.91 Å². The molecule has 158 valence electrons. The van der Waals surface area contributed by atoms with E-state index in [9.17, 15) is 9.59 Å². The zero-order valence-corrected chi connectivity index (χ0v) is 17.9. The Labute approximate surface area is 179 Å². The molecule has 1 saturated heterocycles. The van der Waals surface area contributed by atoms with Crippen LogP contribution in [0.1, 0.15) is 11.1 Å². The third kappa shape index (κ3) is 4.43. The minimum atomic E-state index is -0.386. The highest BCUT2D eigenvalue weighted by molar-refractivity contribution is 6.31. The van der Waals surface area contributed by atoms with Gasteiger partial charge in [-0.2, -0.15) is 0 Å². The fourth-order valence-corrected chi connectivity index (χ4v) is 4.02. The summed E-state index contributed by atoms with van der Waals surface area (Å²) in [5, 5.41) is 3.58. The molecule has 1 fully saturated rings. The zero-order chi connectivity index (χ0) is 21.3. The fourth-order valence-electron chi connectivity index (χ4n) is 3.86. The lowest BCUT2D eigenvalue weighted by Gasteiger charge is -2.34. The molecule has 0 aliphatic carbocycles. The second-order valence-corrected chi connectivity index (χ2v) is 8.20. The molecule has 1 N–H and O–H groups in total. The van der Waals surface area contributed by atoms with Crippen LogP contribution >= 0.6 is 11.6 Å². The van der Waals surface area contributed by atoms with Crippen LogP contribution in [-0.2, 0) is 11.5 Å². The van der Waals surface area contributed by atoms with Crippen LogP contribution in [0.5, 0.6) is 0 Å². The van der Waals surface area contributed by atoms with Crippen LogP contribution in [0.15, 0.2) is 45.6 Å². The number of hydrogen-bond donors (Lipinski definition) is 1. The van der Waals surface area contributed by atoms with Crippen LogP contribution in [0.4, 0.5) is 5.69 Å². The number of aryl methyl sites for hydroxylation is 2. The van der Waals surface area contributed by atoms with Gasteiger partial charge in [-0.05, 0) is 37.1 Å². The summed E-state index contributed by atoms with van der Waals surface area (Å²) >= 11 is 5.98. The van der Waals surface area contributed by atoms with E-state index in [2.05, 4.69) is 15.1 Å². The fraction of sp³-hybridized carbons (Fsp3) is 0.364. The predicted molar refractivity (Wildman–Crippen MR) is 118 cm³/mol. The standard InChI is InChI=1S/C22H25ClN4O3/c1-15-4-3-5-16(2)21(15)24-20(28)13-25-8-10-26(11-9-25)14-27-18-7-6-17(23)12-19(18)30-22(27)29/h3-7,12H,8-11,13-14H2,1-2H3,(H,24,28). The molecule has 0 saturated carbocycles. The number of carbonyl (C=O) groups is 1. The number of para-hydroxylation sites is 1. The summed E-state index contributed by atoms with van der Waals surface area (Å²) in [5.41, 5.74) is 4.25. The molecular weight excluding hydrogens is 404 g/mol. The Balaban J connectivity index is 1.33. The van der Waals surface area contributed by atoms with Crippen molar-refractivity contribution < 1.29 is 9.21 Å². The third-order valence-electron chi connectivity index (χ3n) is 5.55. The summed E-state index contributed by atoms with van der Waals surface area (Å²) in [5.74, 6) is -0.391. The molecular formula is C22H25ClN4O3. The molecule has 4 rings (SSSR count). The number of fused-ring (bicyclic) bond motifs is 1. The first kappa shape index (κ1) is 20.7. The van der Waals surface area contributed by atoms with Gasteiger partial charge in [0.25, 0.3) is 0 Å². The number of benzene rings is 2. The number of rotatable bonds is 5. The van der Waals surface area contributed by atoms with Crippen molar-refractivity contribution in [2.45, 2.75) is 20.5 Å². The van der Waals surface area contributed by atoms with Crippen molar-refractivity contribution in [3.8, 4) is 0 Å². The van der Waals surface area contributed by atoms with Crippen molar-refractivity contribution in [2.75, 3.05) is 38.0 Å². The van der Waals surface area contributed by atoms with E-state index < -0.39 is 0 Å². The van der Waals surface area contributed by atoms with Gasteiger partial charge in [-0.15, -0.1) is 0 Å². The highest BCUT2D eigenvalue weighted by atomic mass is 35.5. The number of aromatic nitrogens is 1. The number of hydrogen-bond acceptors (Lipinski definition) is 5. The second kappa shape index (κ2) is 8.63. The SMILES string of the molecule is Cc1cccc(C)c1NC(=O)CN1CCN(Cn2c(=O)oc3cc(Cl)ccc32)CC1. The average Bonchev–Trinajstić information content (AvgIpc) is 3.00. The van der Waals surface area contributed by atoms with E-state index in [4.69, 9.17) is 16.0 Å². The lowest BCUT2D eigenvalue weighted by atomic mass is 10.1. The molecule has 3 aromatic rings. The molecule has 1 amide bonds. The smallest absolute Gasteiger partial charge is 0.408 e. The first-order chi connectivity index (χ1) is 14.4. The van der Waals surface area contributed by atoms with Crippen LogP contribution in [0.25, 0.3) is 11.1 Å². The summed E-state index contributed by atoms with van der Waals surface area (Å²) in [6.07, 6.45) is 0. The van der Waals surface area contributed by atoms with Gasteiger partial charge >= 0.3 is 5.76 Å². The van der Waals surface area contributed by atoms with Gasteiger partial charge in [0.15, 0.2) is 5.58 Å². The van der Waals surface area contributed by atoms with Crippen molar-refractivity contribution in [3.05, 3.63) is 63.1 Å². The number of nitrogens with one attached hydrogen (secondary N) is 1. The van der Waals surface area contributed by atoms with Gasteiger partial charge in [-0.1, -0.05) is 29.8 Å². The molecule has 7 nitrogen and oxygen atoms in total. The van der Waals surface area contributed by atoms with Crippen LogP contribution in [0, 0.1) is 13.8 Å². The maximum absolute atomic E-state index is 12.5. The lowest BCUT2D eigenvalue weighted by molar-refractivity contribution is -0.117. The number of piperazine rings is 1. The summed E-state index contributed by atoms with van der Waals surface area (Å²) < 4.78 is 6.92. The highest BCUT2D eigenvalue weighted by Gasteiger charge is 2.21. The quantitative estimate of drug-likeness (QED) is 0.676. The van der Waals surface area contributed by atoms with E-state index in [1.807, 2.05) is 32.0 Å². The van der Waals surface area contributed by atoms with Crippen molar-refractivity contribution in [1.29, 1.82) is 0 Å². The molecule has 30 heavy (non-hydrogen) atoms. The minimum absolute atomic E-state index is 0.00484. The van der Waals surface area contributed by atoms with Gasteiger partial charge in [0.05, 0.1) is 18.7 Å². The Kier molecular flexibility index (Phi) is 5.94. The van der Waals surface area contributed by atoms with Crippen molar-refractivity contribution in [1.82, 2.24) is 14.4 Å². The Bertz CT molecular complexity index is 1110. The maximum atomic E-state index is 12.5. The third-order valence-corrected chi connectivity index (χ3v) is 5.78. The number of amides is 1. The van der Waals surface area contributed by atoms with Gasteiger partial charge in [0, 0.05) is 43.0 Å². The first-order valence-corrected chi connectivity index (χ1v) is 10.4. The van der Waals surface area contributed by atoms with Crippen molar-refractivity contribution in [2.24, 2.45) is 0 Å². The van der Waals surface area contributed by atoms with Gasteiger partial charge in [-0.25, -0.2) is 4.79 Å². The van der Waals surface area contributed by atoms with E-state index >= 15 is 0 Å². The molecule has 0 unspecified atom stereocenters. The molecule has 1 aliphatic rings. The molecule has 0 spiro atoms. The molecule has 0 bridgehead atoms. The summed E-state index contributed by atoms with van der Waals surface area (Å²) in [6.45, 7) is 7.86. The first-order valence-electron chi connectivity index (χ1n) is 10.0. The number of anilines is 1. The normalized spacial score (nSPS) is 15.6. The second-order valence-electron chi connectivity index (χ2n) is 7.76. The van der Waals surface area contributed by atoms with E-state index in [1.165, 1.54) is 0 Å². The van der Waals surface area contributed by atoms with Crippen LogP contribution in [0.2, 0.25) is 5.02 Å². The molecule has 0 radical (unpaired) electrons.